The fourth-order valence-electron chi connectivity index (χ4n) is 3.62. The van der Waals surface area contributed by atoms with Crippen molar-refractivity contribution in [3.63, 3.8) is 0 Å². The average Bonchev–Trinajstić information content (AvgIpc) is 2.82. The number of hydrogen-bond donors (Lipinski definition) is 1. The lowest BCUT2D eigenvalue weighted by molar-refractivity contribution is -0.140. The summed E-state index contributed by atoms with van der Waals surface area (Å²) in [5.41, 5.74) is 0.754. The van der Waals surface area contributed by atoms with Crippen molar-refractivity contribution in [3.05, 3.63) is 58.1 Å². The van der Waals surface area contributed by atoms with E-state index in [1.807, 2.05) is 13.8 Å². The summed E-state index contributed by atoms with van der Waals surface area (Å²) in [6.07, 6.45) is 2.03. The summed E-state index contributed by atoms with van der Waals surface area (Å²) in [6, 6.07) is 10.6. The molecule has 0 radical (unpaired) electrons. The molecular weight excluding hydrogens is 525 g/mol. The van der Waals surface area contributed by atoms with Crippen LogP contribution < -0.4 is 14.4 Å². The van der Waals surface area contributed by atoms with Crippen LogP contribution in [0.4, 0.5) is 5.69 Å². The highest BCUT2D eigenvalue weighted by Crippen LogP contribution is 2.33. The number of carbonyl (C=O) groups excluding carboxylic acids is 2. The molecule has 0 aliphatic rings. The Kier molecular flexibility index (Phi) is 10.9. The van der Waals surface area contributed by atoms with Crippen LogP contribution in [0.3, 0.4) is 0 Å². The molecule has 0 aliphatic carbocycles. The third kappa shape index (κ3) is 7.75. The van der Waals surface area contributed by atoms with Crippen LogP contribution in [0.5, 0.6) is 5.75 Å². The van der Waals surface area contributed by atoms with Crippen molar-refractivity contribution in [1.29, 1.82) is 0 Å². The zero-order valence-electron chi connectivity index (χ0n) is 21.1. The monoisotopic (exact) mass is 557 g/mol. The molecule has 0 aromatic heterocycles. The van der Waals surface area contributed by atoms with Crippen LogP contribution in [-0.2, 0) is 26.2 Å². The largest absolute Gasteiger partial charge is 0.495 e. The predicted molar refractivity (Wildman–Crippen MR) is 144 cm³/mol. The van der Waals surface area contributed by atoms with E-state index in [0.717, 1.165) is 17.0 Å². The second kappa shape index (κ2) is 13.2. The van der Waals surface area contributed by atoms with E-state index in [1.165, 1.54) is 24.1 Å². The Morgan fingerprint density at radius 1 is 1.08 bits per heavy atom. The van der Waals surface area contributed by atoms with Gasteiger partial charge in [-0.25, -0.2) is 8.42 Å². The third-order valence-electron chi connectivity index (χ3n) is 5.77. The molecule has 2 amide bonds. The van der Waals surface area contributed by atoms with Crippen molar-refractivity contribution < 1.29 is 22.7 Å². The zero-order valence-corrected chi connectivity index (χ0v) is 23.5. The minimum absolute atomic E-state index is 0.0230. The van der Waals surface area contributed by atoms with Gasteiger partial charge in [-0.15, -0.1) is 0 Å². The lowest BCUT2D eigenvalue weighted by atomic mass is 10.1. The molecular formula is C25H33Cl2N3O5S. The lowest BCUT2D eigenvalue weighted by Crippen LogP contribution is -2.53. The van der Waals surface area contributed by atoms with Crippen molar-refractivity contribution in [2.45, 2.75) is 52.2 Å². The fourth-order valence-corrected chi connectivity index (χ4v) is 4.83. The molecule has 11 heteroatoms. The van der Waals surface area contributed by atoms with Crippen LogP contribution in [-0.4, -0.2) is 57.1 Å². The highest BCUT2D eigenvalue weighted by Gasteiger charge is 2.33. The molecule has 2 aromatic rings. The number of ether oxygens (including phenoxy) is 1. The molecule has 0 aliphatic heterocycles. The van der Waals surface area contributed by atoms with Crippen molar-refractivity contribution in [2.24, 2.45) is 0 Å². The van der Waals surface area contributed by atoms with E-state index >= 15 is 0 Å². The Morgan fingerprint density at radius 3 is 2.31 bits per heavy atom. The van der Waals surface area contributed by atoms with E-state index < -0.39 is 28.5 Å². The van der Waals surface area contributed by atoms with Gasteiger partial charge >= 0.3 is 0 Å². The molecule has 0 heterocycles. The topological polar surface area (TPSA) is 96.0 Å². The van der Waals surface area contributed by atoms with E-state index in [9.17, 15) is 18.0 Å². The van der Waals surface area contributed by atoms with E-state index in [1.54, 1.807) is 37.3 Å². The van der Waals surface area contributed by atoms with E-state index in [4.69, 9.17) is 27.9 Å². The summed E-state index contributed by atoms with van der Waals surface area (Å²) in [5, 5.41) is 3.63. The first kappa shape index (κ1) is 29.7. The molecule has 0 saturated carbocycles. The number of halogens is 2. The standard InChI is InChI=1S/C25H33Cl2N3O5S/c1-6-17(3)28-25(32)21(7-2)29(15-18-10-8-9-11-20(18)27)24(31)16-30(36(5,33)34)22-14-19(26)12-13-23(22)35-4/h8-14,17,21H,6-7,15-16H2,1-5H3,(H,28,32)/t17-,21-/m0/s1. The van der Waals surface area contributed by atoms with Gasteiger partial charge in [0.05, 0.1) is 19.1 Å². The number of carbonyl (C=O) groups is 2. The molecule has 2 aromatic carbocycles. The number of rotatable bonds is 12. The first-order chi connectivity index (χ1) is 16.9. The second-order valence-electron chi connectivity index (χ2n) is 8.44. The molecule has 36 heavy (non-hydrogen) atoms. The Balaban J connectivity index is 2.53. The van der Waals surface area contributed by atoms with Gasteiger partial charge in [-0.2, -0.15) is 0 Å². The van der Waals surface area contributed by atoms with Gasteiger partial charge in [0.25, 0.3) is 0 Å². The van der Waals surface area contributed by atoms with E-state index in [2.05, 4.69) is 5.32 Å². The van der Waals surface area contributed by atoms with Crippen LogP contribution in [0.25, 0.3) is 0 Å². The SMILES string of the molecule is CC[C@H](C)NC(=O)[C@H](CC)N(Cc1ccccc1Cl)C(=O)CN(c1cc(Cl)ccc1OC)S(C)(=O)=O. The summed E-state index contributed by atoms with van der Waals surface area (Å²) in [6.45, 7) is 5.08. The minimum Gasteiger partial charge on any atom is -0.495 e. The van der Waals surface area contributed by atoms with Crippen molar-refractivity contribution in [2.75, 3.05) is 24.2 Å². The molecule has 0 spiro atoms. The Labute approximate surface area is 223 Å². The highest BCUT2D eigenvalue weighted by atomic mass is 35.5. The summed E-state index contributed by atoms with van der Waals surface area (Å²) in [5.74, 6) is -0.663. The van der Waals surface area contributed by atoms with Gasteiger partial charge in [0, 0.05) is 22.6 Å². The quantitative estimate of drug-likeness (QED) is 0.414. The normalized spacial score (nSPS) is 13.0. The Morgan fingerprint density at radius 2 is 1.75 bits per heavy atom. The van der Waals surface area contributed by atoms with E-state index in [0.29, 0.717) is 17.0 Å². The number of benzene rings is 2. The highest BCUT2D eigenvalue weighted by molar-refractivity contribution is 7.92. The number of methoxy groups -OCH3 is 1. The number of sulfonamides is 1. The van der Waals surface area contributed by atoms with Crippen molar-refractivity contribution >= 4 is 50.7 Å². The smallest absolute Gasteiger partial charge is 0.244 e. The van der Waals surface area contributed by atoms with Crippen LogP contribution in [0, 0.1) is 0 Å². The minimum atomic E-state index is -3.93. The van der Waals surface area contributed by atoms with Gasteiger partial charge in [0.1, 0.15) is 18.3 Å². The maximum absolute atomic E-state index is 13.8. The molecule has 0 bridgehead atoms. The number of anilines is 1. The molecule has 2 rings (SSSR count). The van der Waals surface area contributed by atoms with Crippen LogP contribution in [0.15, 0.2) is 42.5 Å². The lowest BCUT2D eigenvalue weighted by Gasteiger charge is -2.33. The van der Waals surface area contributed by atoms with Gasteiger partial charge in [0.15, 0.2) is 0 Å². The predicted octanol–water partition coefficient (Wildman–Crippen LogP) is 4.49. The average molecular weight is 559 g/mol. The summed E-state index contributed by atoms with van der Waals surface area (Å²) < 4.78 is 31.8. The maximum Gasteiger partial charge on any atom is 0.244 e. The fraction of sp³-hybridized carbons (Fsp3) is 0.440. The molecule has 2 atom stereocenters. The zero-order chi connectivity index (χ0) is 27.0. The summed E-state index contributed by atoms with van der Waals surface area (Å²) in [7, 11) is -2.54. The van der Waals surface area contributed by atoms with Crippen LogP contribution in [0.1, 0.15) is 39.2 Å². The van der Waals surface area contributed by atoms with Gasteiger partial charge in [-0.3, -0.25) is 13.9 Å². The summed E-state index contributed by atoms with van der Waals surface area (Å²) >= 11 is 12.5. The number of nitrogens with one attached hydrogen (secondary N) is 1. The van der Waals surface area contributed by atoms with Gasteiger partial charge in [-0.05, 0) is 49.6 Å². The van der Waals surface area contributed by atoms with Gasteiger partial charge in [-0.1, -0.05) is 55.2 Å². The first-order valence-corrected chi connectivity index (χ1v) is 14.2. The number of hydrogen-bond acceptors (Lipinski definition) is 5. The van der Waals surface area contributed by atoms with E-state index in [-0.39, 0.29) is 35.0 Å². The van der Waals surface area contributed by atoms with Gasteiger partial charge in [0.2, 0.25) is 21.8 Å². The molecule has 1 N–H and O–H groups in total. The van der Waals surface area contributed by atoms with Gasteiger partial charge < -0.3 is 15.0 Å². The second-order valence-corrected chi connectivity index (χ2v) is 11.2. The molecule has 0 fully saturated rings. The maximum atomic E-state index is 13.8. The molecule has 198 valence electrons. The van der Waals surface area contributed by atoms with Crippen molar-refractivity contribution in [3.8, 4) is 5.75 Å². The molecule has 0 unspecified atom stereocenters. The number of nitrogens with zero attached hydrogens (tertiary/aromatic N) is 2. The molecule has 0 saturated heterocycles. The third-order valence-corrected chi connectivity index (χ3v) is 7.50. The van der Waals surface area contributed by atoms with Crippen LogP contribution >= 0.6 is 23.2 Å². The Bertz CT molecular complexity index is 1180. The Hall–Kier alpha value is -2.49. The molecule has 8 nitrogen and oxygen atoms in total. The summed E-state index contributed by atoms with van der Waals surface area (Å²) in [4.78, 5) is 28.3. The number of amides is 2. The van der Waals surface area contributed by atoms with Crippen LogP contribution in [0.2, 0.25) is 10.0 Å². The van der Waals surface area contributed by atoms with Crippen molar-refractivity contribution in [1.82, 2.24) is 10.2 Å². The first-order valence-electron chi connectivity index (χ1n) is 11.6.